The zero-order valence-corrected chi connectivity index (χ0v) is 16.5. The molecule has 1 saturated heterocycles. The highest BCUT2D eigenvalue weighted by atomic mass is 16.4. The van der Waals surface area contributed by atoms with Gasteiger partial charge in [-0.2, -0.15) is 0 Å². The summed E-state index contributed by atoms with van der Waals surface area (Å²) in [6.45, 7) is 4.86. The Morgan fingerprint density at radius 2 is 1.82 bits per heavy atom. The van der Waals surface area contributed by atoms with E-state index >= 15 is 0 Å². The molecule has 2 amide bonds. The van der Waals surface area contributed by atoms with Crippen LogP contribution in [0.5, 0.6) is 0 Å². The Morgan fingerprint density at radius 1 is 1.18 bits per heavy atom. The molecule has 2 aromatic rings. The van der Waals surface area contributed by atoms with Crippen LogP contribution in [0.1, 0.15) is 29.5 Å². The van der Waals surface area contributed by atoms with E-state index in [0.29, 0.717) is 25.9 Å². The number of nitrogens with zero attached hydrogens (tertiary/aromatic N) is 2. The number of amides is 2. The number of furan rings is 1. The highest BCUT2D eigenvalue weighted by molar-refractivity contribution is 5.90. The molecule has 0 spiro atoms. The molecular weight excluding hydrogens is 360 g/mol. The summed E-state index contributed by atoms with van der Waals surface area (Å²) in [5, 5.41) is 9.97. The van der Waals surface area contributed by atoms with E-state index in [9.17, 15) is 14.4 Å². The van der Waals surface area contributed by atoms with Crippen molar-refractivity contribution in [3.63, 3.8) is 0 Å². The summed E-state index contributed by atoms with van der Waals surface area (Å²) in [6.07, 6.45) is 2.69. The summed E-state index contributed by atoms with van der Waals surface area (Å²) in [7, 11) is 1.61. The number of carboxylic acid groups (broad SMARTS) is 1. The average Bonchev–Trinajstić information content (AvgIpc) is 3.03. The van der Waals surface area contributed by atoms with Crippen molar-refractivity contribution in [1.82, 2.24) is 9.80 Å². The molecule has 1 aliphatic rings. The number of likely N-dealkylation sites (N-methyl/N-ethyl adjacent to an activating group) is 1. The Labute approximate surface area is 163 Å². The molecule has 0 unspecified atom stereocenters. The fourth-order valence-electron chi connectivity index (χ4n) is 3.54. The van der Waals surface area contributed by atoms with E-state index in [1.54, 1.807) is 18.2 Å². The van der Waals surface area contributed by atoms with Crippen LogP contribution in [0.15, 0.2) is 22.8 Å². The van der Waals surface area contributed by atoms with Crippen LogP contribution in [0.4, 0.5) is 0 Å². The maximum atomic E-state index is 12.6. The van der Waals surface area contributed by atoms with E-state index in [1.165, 1.54) is 4.90 Å². The highest BCUT2D eigenvalue weighted by Gasteiger charge is 2.28. The van der Waals surface area contributed by atoms with Crippen LogP contribution in [0.25, 0.3) is 11.0 Å². The van der Waals surface area contributed by atoms with Gasteiger partial charge in [-0.3, -0.25) is 14.4 Å². The van der Waals surface area contributed by atoms with Crippen molar-refractivity contribution in [2.45, 2.75) is 33.1 Å². The van der Waals surface area contributed by atoms with Crippen molar-refractivity contribution in [2.75, 3.05) is 26.7 Å². The van der Waals surface area contributed by atoms with Gasteiger partial charge in [-0.1, -0.05) is 0 Å². The lowest BCUT2D eigenvalue weighted by atomic mass is 9.97. The molecule has 0 saturated carbocycles. The molecule has 7 nitrogen and oxygen atoms in total. The highest BCUT2D eigenvalue weighted by Crippen LogP contribution is 2.25. The summed E-state index contributed by atoms with van der Waals surface area (Å²) in [6, 6.07) is 3.99. The molecule has 3 rings (SSSR count). The van der Waals surface area contributed by atoms with Gasteiger partial charge in [-0.05, 0) is 49.9 Å². The Bertz CT molecular complexity index is 909. The van der Waals surface area contributed by atoms with Gasteiger partial charge in [0, 0.05) is 31.1 Å². The minimum absolute atomic E-state index is 0.00943. The summed E-state index contributed by atoms with van der Waals surface area (Å²) >= 11 is 0. The van der Waals surface area contributed by atoms with Crippen LogP contribution in [0, 0.1) is 19.8 Å². The number of aryl methyl sites for hydroxylation is 2. The van der Waals surface area contributed by atoms with Gasteiger partial charge < -0.3 is 19.3 Å². The van der Waals surface area contributed by atoms with Crippen molar-refractivity contribution in [2.24, 2.45) is 5.92 Å². The summed E-state index contributed by atoms with van der Waals surface area (Å²) in [5.41, 5.74) is 3.83. The third-order valence-electron chi connectivity index (χ3n) is 5.61. The minimum atomic E-state index is -0.808. The van der Waals surface area contributed by atoms with Gasteiger partial charge in [-0.15, -0.1) is 0 Å². The molecule has 0 atom stereocenters. The zero-order valence-electron chi connectivity index (χ0n) is 16.5. The average molecular weight is 386 g/mol. The van der Waals surface area contributed by atoms with Gasteiger partial charge >= 0.3 is 5.97 Å². The van der Waals surface area contributed by atoms with E-state index in [2.05, 4.69) is 0 Å². The number of piperidine rings is 1. The van der Waals surface area contributed by atoms with Crippen molar-refractivity contribution in [1.29, 1.82) is 0 Å². The Balaban J connectivity index is 1.58. The molecule has 7 heteroatoms. The van der Waals surface area contributed by atoms with E-state index in [4.69, 9.17) is 9.52 Å². The maximum Gasteiger partial charge on any atom is 0.306 e. The molecule has 1 aromatic heterocycles. The third kappa shape index (κ3) is 4.18. The second-order valence-corrected chi connectivity index (χ2v) is 7.61. The topological polar surface area (TPSA) is 91.1 Å². The number of likely N-dealkylation sites (tertiary alicyclic amines) is 1. The fraction of sp³-hybridized carbons (Fsp3) is 0.476. The number of hydrogen-bond acceptors (Lipinski definition) is 4. The third-order valence-corrected chi connectivity index (χ3v) is 5.61. The van der Waals surface area contributed by atoms with Gasteiger partial charge in [-0.25, -0.2) is 0 Å². The minimum Gasteiger partial charge on any atom is -0.481 e. The van der Waals surface area contributed by atoms with Crippen LogP contribution < -0.4 is 0 Å². The first-order valence-electron chi connectivity index (χ1n) is 9.48. The number of carbonyl (C=O) groups excluding carboxylic acids is 2. The van der Waals surface area contributed by atoms with Gasteiger partial charge in [0.15, 0.2) is 0 Å². The number of rotatable bonds is 5. The van der Waals surface area contributed by atoms with Crippen molar-refractivity contribution in [3.05, 3.63) is 35.1 Å². The molecule has 28 heavy (non-hydrogen) atoms. The summed E-state index contributed by atoms with van der Waals surface area (Å²) < 4.78 is 5.58. The predicted molar refractivity (Wildman–Crippen MR) is 104 cm³/mol. The van der Waals surface area contributed by atoms with Gasteiger partial charge in [0.2, 0.25) is 11.8 Å². The number of carboxylic acids is 1. The molecule has 1 fully saturated rings. The van der Waals surface area contributed by atoms with E-state index in [0.717, 1.165) is 27.7 Å². The Kier molecular flexibility index (Phi) is 5.72. The molecule has 1 aromatic carbocycles. The molecular formula is C21H26N2O5. The normalized spacial score (nSPS) is 15.0. The lowest BCUT2D eigenvalue weighted by Crippen LogP contribution is -2.45. The maximum absolute atomic E-state index is 12.6. The van der Waals surface area contributed by atoms with E-state index in [-0.39, 0.29) is 30.7 Å². The number of hydrogen-bond donors (Lipinski definition) is 1. The smallest absolute Gasteiger partial charge is 0.306 e. The largest absolute Gasteiger partial charge is 0.481 e. The van der Waals surface area contributed by atoms with Crippen LogP contribution in [-0.4, -0.2) is 59.4 Å². The molecule has 1 aliphatic heterocycles. The van der Waals surface area contributed by atoms with Crippen LogP contribution in [-0.2, 0) is 20.8 Å². The summed E-state index contributed by atoms with van der Waals surface area (Å²) in [4.78, 5) is 39.1. The molecule has 150 valence electrons. The lowest BCUT2D eigenvalue weighted by Gasteiger charge is -2.31. The molecule has 0 aliphatic carbocycles. The van der Waals surface area contributed by atoms with E-state index in [1.807, 2.05) is 26.0 Å². The SMILES string of the molecule is Cc1cc2occ(CC(=O)N(C)CC(=O)N3CCC(C(=O)O)CC3)c2cc1C. The monoisotopic (exact) mass is 386 g/mol. The second kappa shape index (κ2) is 8.04. The zero-order chi connectivity index (χ0) is 20.4. The van der Waals surface area contributed by atoms with Gasteiger partial charge in [0.25, 0.3) is 0 Å². The molecule has 2 heterocycles. The number of aliphatic carboxylic acids is 1. The van der Waals surface area contributed by atoms with Crippen molar-refractivity contribution in [3.8, 4) is 0 Å². The first kappa shape index (κ1) is 19.9. The second-order valence-electron chi connectivity index (χ2n) is 7.61. The van der Waals surface area contributed by atoms with Gasteiger partial charge in [0.1, 0.15) is 5.58 Å². The first-order chi connectivity index (χ1) is 13.3. The fourth-order valence-corrected chi connectivity index (χ4v) is 3.54. The van der Waals surface area contributed by atoms with E-state index < -0.39 is 5.97 Å². The van der Waals surface area contributed by atoms with Crippen LogP contribution in [0.3, 0.4) is 0 Å². The summed E-state index contributed by atoms with van der Waals surface area (Å²) in [5.74, 6) is -1.50. The molecule has 0 bridgehead atoms. The standard InChI is InChI=1S/C21H26N2O5/c1-13-8-17-16(12-28-18(17)9-14(13)2)10-19(24)22(3)11-20(25)23-6-4-15(5-7-23)21(26)27/h8-9,12,15H,4-7,10-11H2,1-3H3,(H,26,27). The van der Waals surface area contributed by atoms with Gasteiger partial charge in [0.05, 0.1) is 25.1 Å². The number of benzene rings is 1. The lowest BCUT2D eigenvalue weighted by molar-refractivity contribution is -0.146. The van der Waals surface area contributed by atoms with Crippen molar-refractivity contribution < 1.29 is 23.9 Å². The van der Waals surface area contributed by atoms with Crippen molar-refractivity contribution >= 4 is 28.8 Å². The first-order valence-corrected chi connectivity index (χ1v) is 9.48. The molecule has 1 N–H and O–H groups in total. The van der Waals surface area contributed by atoms with Crippen LogP contribution in [0.2, 0.25) is 0 Å². The quantitative estimate of drug-likeness (QED) is 0.852. The predicted octanol–water partition coefficient (Wildman–Crippen LogP) is 2.37. The molecule has 0 radical (unpaired) electrons. The van der Waals surface area contributed by atoms with Crippen LogP contribution >= 0.6 is 0 Å². The number of fused-ring (bicyclic) bond motifs is 1. The Morgan fingerprint density at radius 3 is 2.46 bits per heavy atom. The number of carbonyl (C=O) groups is 3. The Hall–Kier alpha value is -2.83.